The number of morpholine rings is 1. The first-order valence-corrected chi connectivity index (χ1v) is 7.61. The lowest BCUT2D eigenvalue weighted by atomic mass is 10.1. The molecule has 7 nitrogen and oxygen atoms in total. The zero-order chi connectivity index (χ0) is 17.2. The molecule has 2 atom stereocenters. The standard InChI is InChI=1S/C15H23FN4O3/c1-10-6-19(7-11(2)23-10)13(21)9-20-8-12(5-17-20)18-14(22)15(3,4)16/h5,8,10-11H,6-7,9H2,1-4H3,(H,18,22). The van der Waals surface area contributed by atoms with Crippen LogP contribution >= 0.6 is 0 Å². The Morgan fingerprint density at radius 1 is 1.39 bits per heavy atom. The smallest absolute Gasteiger partial charge is 0.261 e. The van der Waals surface area contributed by atoms with E-state index in [9.17, 15) is 14.0 Å². The Labute approximate surface area is 134 Å². The number of rotatable bonds is 4. The van der Waals surface area contributed by atoms with Gasteiger partial charge in [0.2, 0.25) is 5.91 Å². The van der Waals surface area contributed by atoms with Crippen LogP contribution in [0.5, 0.6) is 0 Å². The van der Waals surface area contributed by atoms with Gasteiger partial charge >= 0.3 is 0 Å². The fourth-order valence-electron chi connectivity index (χ4n) is 2.41. The molecule has 2 unspecified atom stereocenters. The van der Waals surface area contributed by atoms with Crippen LogP contribution in [0.15, 0.2) is 12.4 Å². The van der Waals surface area contributed by atoms with Crippen molar-refractivity contribution in [2.45, 2.75) is 52.1 Å². The van der Waals surface area contributed by atoms with Gasteiger partial charge in [-0.05, 0) is 27.7 Å². The highest BCUT2D eigenvalue weighted by Gasteiger charge is 2.28. The third-order valence-electron chi connectivity index (χ3n) is 3.50. The van der Waals surface area contributed by atoms with E-state index in [2.05, 4.69) is 10.4 Å². The highest BCUT2D eigenvalue weighted by atomic mass is 19.1. The summed E-state index contributed by atoms with van der Waals surface area (Å²) in [5.41, 5.74) is -1.62. The largest absolute Gasteiger partial charge is 0.372 e. The van der Waals surface area contributed by atoms with E-state index in [1.54, 1.807) is 4.90 Å². The Morgan fingerprint density at radius 2 is 2.00 bits per heavy atom. The summed E-state index contributed by atoms with van der Waals surface area (Å²) in [6, 6.07) is 0. The van der Waals surface area contributed by atoms with Crippen molar-refractivity contribution in [3.05, 3.63) is 12.4 Å². The maximum Gasteiger partial charge on any atom is 0.261 e. The molecule has 1 saturated heterocycles. The molecule has 0 spiro atoms. The number of halogens is 1. The Kier molecular flexibility index (Phi) is 5.03. The first-order valence-electron chi connectivity index (χ1n) is 7.61. The van der Waals surface area contributed by atoms with Gasteiger partial charge in [-0.1, -0.05) is 0 Å². The molecule has 1 aliphatic heterocycles. The van der Waals surface area contributed by atoms with E-state index >= 15 is 0 Å². The molecule has 23 heavy (non-hydrogen) atoms. The zero-order valence-corrected chi connectivity index (χ0v) is 13.9. The summed E-state index contributed by atoms with van der Waals surface area (Å²) < 4.78 is 20.5. The van der Waals surface area contributed by atoms with E-state index in [1.807, 2.05) is 13.8 Å². The van der Waals surface area contributed by atoms with Crippen LogP contribution in [0.25, 0.3) is 0 Å². The molecule has 1 aromatic heterocycles. The topological polar surface area (TPSA) is 76.5 Å². The molecule has 2 heterocycles. The van der Waals surface area contributed by atoms with Gasteiger partial charge in [0, 0.05) is 19.3 Å². The summed E-state index contributed by atoms with van der Waals surface area (Å²) in [4.78, 5) is 25.6. The Hall–Kier alpha value is -1.96. The second kappa shape index (κ2) is 6.66. The summed E-state index contributed by atoms with van der Waals surface area (Å²) in [6.45, 7) is 7.36. The molecule has 0 aromatic carbocycles. The van der Waals surface area contributed by atoms with Crippen molar-refractivity contribution in [2.24, 2.45) is 0 Å². The third kappa shape index (κ3) is 4.75. The number of anilines is 1. The molecule has 1 N–H and O–H groups in total. The van der Waals surface area contributed by atoms with Gasteiger partial charge in [0.25, 0.3) is 5.91 Å². The summed E-state index contributed by atoms with van der Waals surface area (Å²) in [6.07, 6.45) is 2.90. The number of nitrogens with zero attached hydrogens (tertiary/aromatic N) is 3. The minimum atomic E-state index is -1.97. The van der Waals surface area contributed by atoms with Gasteiger partial charge in [0.05, 0.1) is 24.1 Å². The van der Waals surface area contributed by atoms with E-state index in [0.29, 0.717) is 18.8 Å². The summed E-state index contributed by atoms with van der Waals surface area (Å²) in [5, 5.41) is 6.45. The van der Waals surface area contributed by atoms with Crippen molar-refractivity contribution >= 4 is 17.5 Å². The molecule has 2 rings (SSSR count). The van der Waals surface area contributed by atoms with Crippen molar-refractivity contribution in [3.63, 3.8) is 0 Å². The van der Waals surface area contributed by atoms with Crippen molar-refractivity contribution in [1.29, 1.82) is 0 Å². The fourth-order valence-corrected chi connectivity index (χ4v) is 2.41. The van der Waals surface area contributed by atoms with Gasteiger partial charge in [-0.3, -0.25) is 14.3 Å². The second-order valence-corrected chi connectivity index (χ2v) is 6.41. The molecule has 1 aliphatic rings. The Morgan fingerprint density at radius 3 is 2.57 bits per heavy atom. The number of nitrogens with one attached hydrogen (secondary N) is 1. The lowest BCUT2D eigenvalue weighted by Crippen LogP contribution is -2.49. The molecule has 2 amide bonds. The first-order chi connectivity index (χ1) is 10.6. The van der Waals surface area contributed by atoms with Crippen LogP contribution < -0.4 is 5.32 Å². The molecule has 0 saturated carbocycles. The van der Waals surface area contributed by atoms with Gasteiger partial charge in [-0.15, -0.1) is 0 Å². The quantitative estimate of drug-likeness (QED) is 0.902. The lowest BCUT2D eigenvalue weighted by molar-refractivity contribution is -0.144. The number of carbonyl (C=O) groups excluding carboxylic acids is 2. The van der Waals surface area contributed by atoms with Gasteiger partial charge in [-0.25, -0.2) is 4.39 Å². The van der Waals surface area contributed by atoms with Crippen LogP contribution in [-0.4, -0.2) is 57.5 Å². The molecular formula is C15H23FN4O3. The number of amides is 2. The third-order valence-corrected chi connectivity index (χ3v) is 3.50. The van der Waals surface area contributed by atoms with Gasteiger partial charge in [-0.2, -0.15) is 5.10 Å². The molecule has 0 aliphatic carbocycles. The fraction of sp³-hybridized carbons (Fsp3) is 0.667. The predicted molar refractivity (Wildman–Crippen MR) is 82.6 cm³/mol. The number of ether oxygens (including phenoxy) is 1. The highest BCUT2D eigenvalue weighted by molar-refractivity contribution is 5.96. The van der Waals surface area contributed by atoms with Gasteiger partial charge in [0.15, 0.2) is 5.67 Å². The number of hydrogen-bond donors (Lipinski definition) is 1. The predicted octanol–water partition coefficient (Wildman–Crippen LogP) is 1.21. The maximum absolute atomic E-state index is 13.5. The Bertz CT molecular complexity index is 572. The molecule has 1 aromatic rings. The van der Waals surface area contributed by atoms with E-state index in [4.69, 9.17) is 4.74 Å². The highest BCUT2D eigenvalue weighted by Crippen LogP contribution is 2.14. The van der Waals surface area contributed by atoms with Crippen molar-refractivity contribution in [1.82, 2.24) is 14.7 Å². The van der Waals surface area contributed by atoms with E-state index in [0.717, 1.165) is 0 Å². The van der Waals surface area contributed by atoms with Gasteiger partial charge in [0.1, 0.15) is 6.54 Å². The van der Waals surface area contributed by atoms with Gasteiger partial charge < -0.3 is 15.0 Å². The van der Waals surface area contributed by atoms with Crippen LogP contribution in [0.1, 0.15) is 27.7 Å². The van der Waals surface area contributed by atoms with Crippen molar-refractivity contribution in [2.75, 3.05) is 18.4 Å². The molecule has 8 heteroatoms. The molecule has 0 radical (unpaired) electrons. The molecular weight excluding hydrogens is 303 g/mol. The second-order valence-electron chi connectivity index (χ2n) is 6.41. The van der Waals surface area contributed by atoms with E-state index in [1.165, 1.54) is 30.9 Å². The normalized spacial score (nSPS) is 22.0. The average Bonchev–Trinajstić information content (AvgIpc) is 2.83. The summed E-state index contributed by atoms with van der Waals surface area (Å²) in [7, 11) is 0. The minimum Gasteiger partial charge on any atom is -0.372 e. The molecule has 128 valence electrons. The van der Waals surface area contributed by atoms with Crippen molar-refractivity contribution < 1.29 is 18.7 Å². The number of carbonyl (C=O) groups is 2. The summed E-state index contributed by atoms with van der Waals surface area (Å²) in [5.74, 6) is -0.821. The molecule has 0 bridgehead atoms. The number of alkyl halides is 1. The maximum atomic E-state index is 13.5. The van der Waals surface area contributed by atoms with Crippen molar-refractivity contribution in [3.8, 4) is 0 Å². The van der Waals surface area contributed by atoms with E-state index < -0.39 is 11.6 Å². The first kappa shape index (κ1) is 17.4. The van der Waals surface area contributed by atoms with Crippen LogP contribution in [-0.2, 0) is 20.9 Å². The van der Waals surface area contributed by atoms with Crippen LogP contribution in [0.3, 0.4) is 0 Å². The number of hydrogen-bond acceptors (Lipinski definition) is 4. The van der Waals surface area contributed by atoms with Crippen LogP contribution in [0, 0.1) is 0 Å². The SMILES string of the molecule is CC1CN(C(=O)Cn2cc(NC(=O)C(C)(C)F)cn2)CC(C)O1. The number of aromatic nitrogens is 2. The van der Waals surface area contributed by atoms with E-state index in [-0.39, 0.29) is 24.7 Å². The zero-order valence-electron chi connectivity index (χ0n) is 13.9. The minimum absolute atomic E-state index is 0.00181. The Balaban J connectivity index is 1.93. The van der Waals surface area contributed by atoms with Crippen LogP contribution in [0.4, 0.5) is 10.1 Å². The average molecular weight is 326 g/mol. The monoisotopic (exact) mass is 326 g/mol. The molecule has 1 fully saturated rings. The van der Waals surface area contributed by atoms with Crippen LogP contribution in [0.2, 0.25) is 0 Å². The summed E-state index contributed by atoms with van der Waals surface area (Å²) >= 11 is 0. The lowest BCUT2D eigenvalue weighted by Gasteiger charge is -2.35.